The molecule has 14 heavy (non-hydrogen) atoms. The molecule has 1 aromatic carbocycles. The second kappa shape index (κ2) is 3.47. The van der Waals surface area contributed by atoms with Crippen LogP contribution in [0, 0.1) is 0 Å². The molecule has 0 spiro atoms. The van der Waals surface area contributed by atoms with Crippen LogP contribution >= 0.6 is 24.0 Å². The van der Waals surface area contributed by atoms with Gasteiger partial charge in [0.15, 0.2) is 0 Å². The Labute approximate surface area is 90.7 Å². The highest BCUT2D eigenvalue weighted by molar-refractivity contribution is 7.80. The van der Waals surface area contributed by atoms with Crippen molar-refractivity contribution in [3.8, 4) is 0 Å². The van der Waals surface area contributed by atoms with Crippen LogP contribution < -0.4 is 11.2 Å². The van der Waals surface area contributed by atoms with E-state index >= 15 is 0 Å². The Balaban J connectivity index is 2.84. The van der Waals surface area contributed by atoms with Gasteiger partial charge >= 0.3 is 7.12 Å². The molecule has 0 aliphatic heterocycles. The maximum atomic E-state index is 9.11. The van der Waals surface area contributed by atoms with Gasteiger partial charge in [-0.2, -0.15) is 0 Å². The number of hydrogen-bond acceptors (Lipinski definition) is 5. The van der Waals surface area contributed by atoms with Gasteiger partial charge < -0.3 is 15.8 Å². The smallest absolute Gasteiger partial charge is 0.423 e. The molecule has 0 saturated carbocycles. The quantitative estimate of drug-likeness (QED) is 0.323. The van der Waals surface area contributed by atoms with Gasteiger partial charge in [0.2, 0.25) is 0 Å². The summed E-state index contributed by atoms with van der Waals surface area (Å²) in [5.41, 5.74) is 6.75. The summed E-state index contributed by atoms with van der Waals surface area (Å²) in [4.78, 5) is 0.797. The molecule has 4 N–H and O–H groups in total. The summed E-state index contributed by atoms with van der Waals surface area (Å²) in [6, 6.07) is 3.51. The third-order valence-corrected chi connectivity index (χ3v) is 3.60. The first-order chi connectivity index (χ1) is 6.61. The SMILES string of the molecule is Nc1ccc(S)c2scc(B(O)O)c12. The van der Waals surface area contributed by atoms with E-state index in [4.69, 9.17) is 15.8 Å². The van der Waals surface area contributed by atoms with Crippen LogP contribution in [0.3, 0.4) is 0 Å². The van der Waals surface area contributed by atoms with E-state index in [-0.39, 0.29) is 0 Å². The first-order valence-corrected chi connectivity index (χ1v) is 5.28. The third-order valence-electron chi connectivity index (χ3n) is 2.04. The van der Waals surface area contributed by atoms with E-state index in [0.29, 0.717) is 16.5 Å². The molecule has 0 amide bonds. The minimum atomic E-state index is -1.49. The van der Waals surface area contributed by atoms with E-state index in [1.165, 1.54) is 11.3 Å². The lowest BCUT2D eigenvalue weighted by Crippen LogP contribution is -2.29. The van der Waals surface area contributed by atoms with Crippen molar-refractivity contribution in [2.24, 2.45) is 0 Å². The van der Waals surface area contributed by atoms with Gasteiger partial charge in [-0.1, -0.05) is 0 Å². The lowest BCUT2D eigenvalue weighted by Gasteiger charge is -2.02. The molecular formula is C8H8BNO2S2. The first kappa shape index (κ1) is 9.85. The van der Waals surface area contributed by atoms with Crippen molar-refractivity contribution in [3.63, 3.8) is 0 Å². The predicted molar refractivity (Wildman–Crippen MR) is 63.3 cm³/mol. The number of thiophene rings is 1. The number of anilines is 1. The molecule has 0 unspecified atom stereocenters. The first-order valence-electron chi connectivity index (χ1n) is 3.96. The van der Waals surface area contributed by atoms with Crippen molar-refractivity contribution in [2.75, 3.05) is 5.73 Å². The number of hydrogen-bond donors (Lipinski definition) is 4. The summed E-state index contributed by atoms with van der Waals surface area (Å²) in [5, 5.41) is 20.6. The molecule has 0 atom stereocenters. The van der Waals surface area contributed by atoms with E-state index in [1.54, 1.807) is 17.5 Å². The molecule has 2 aromatic rings. The molecular weight excluding hydrogens is 217 g/mol. The molecule has 6 heteroatoms. The molecule has 0 bridgehead atoms. The van der Waals surface area contributed by atoms with E-state index < -0.39 is 7.12 Å². The van der Waals surface area contributed by atoms with Gasteiger partial charge in [0.1, 0.15) is 0 Å². The van der Waals surface area contributed by atoms with Gasteiger partial charge in [-0.05, 0) is 17.5 Å². The second-order valence-electron chi connectivity index (χ2n) is 2.94. The standard InChI is InChI=1S/C8H8BNO2S2/c10-5-1-2-6(13)8-7(5)4(3-14-8)9(11)12/h1-3,11-13H,10H2. The summed E-state index contributed by atoms with van der Waals surface area (Å²) in [5.74, 6) is 0. The van der Waals surface area contributed by atoms with Crippen molar-refractivity contribution in [1.82, 2.24) is 0 Å². The molecule has 1 aromatic heterocycles. The van der Waals surface area contributed by atoms with Crippen LogP contribution in [0.25, 0.3) is 10.1 Å². The highest BCUT2D eigenvalue weighted by atomic mass is 32.1. The zero-order valence-electron chi connectivity index (χ0n) is 7.14. The lowest BCUT2D eigenvalue weighted by atomic mass is 9.80. The zero-order valence-corrected chi connectivity index (χ0v) is 8.85. The molecule has 0 fully saturated rings. The van der Waals surface area contributed by atoms with Gasteiger partial charge in [0.05, 0.1) is 0 Å². The number of fused-ring (bicyclic) bond motifs is 1. The van der Waals surface area contributed by atoms with Gasteiger partial charge in [-0.3, -0.25) is 0 Å². The fourth-order valence-electron chi connectivity index (χ4n) is 1.38. The largest absolute Gasteiger partial charge is 0.489 e. The Morgan fingerprint density at radius 3 is 2.71 bits per heavy atom. The van der Waals surface area contributed by atoms with E-state index in [1.807, 2.05) is 0 Å². The Morgan fingerprint density at radius 1 is 1.36 bits per heavy atom. The highest BCUT2D eigenvalue weighted by Gasteiger charge is 2.18. The van der Waals surface area contributed by atoms with Crippen LogP contribution in [0.1, 0.15) is 0 Å². The fraction of sp³-hybridized carbons (Fsp3) is 0. The van der Waals surface area contributed by atoms with Crippen LogP contribution in [0.4, 0.5) is 5.69 Å². The van der Waals surface area contributed by atoms with E-state index in [0.717, 1.165) is 9.60 Å². The molecule has 0 aliphatic rings. The van der Waals surface area contributed by atoms with Crippen molar-refractivity contribution in [3.05, 3.63) is 17.5 Å². The average molecular weight is 225 g/mol. The summed E-state index contributed by atoms with van der Waals surface area (Å²) < 4.78 is 0.886. The van der Waals surface area contributed by atoms with E-state index in [2.05, 4.69) is 12.6 Å². The summed E-state index contributed by atoms with van der Waals surface area (Å²) in [6.45, 7) is 0. The average Bonchev–Trinajstić information content (AvgIpc) is 2.56. The molecule has 0 radical (unpaired) electrons. The number of nitrogen functional groups attached to an aromatic ring is 1. The van der Waals surface area contributed by atoms with Crippen LogP contribution in [0.2, 0.25) is 0 Å². The topological polar surface area (TPSA) is 66.5 Å². The van der Waals surface area contributed by atoms with Gasteiger partial charge in [0.25, 0.3) is 0 Å². The highest BCUT2D eigenvalue weighted by Crippen LogP contribution is 2.30. The van der Waals surface area contributed by atoms with Crippen molar-refractivity contribution >= 4 is 52.3 Å². The number of rotatable bonds is 1. The van der Waals surface area contributed by atoms with Crippen molar-refractivity contribution in [1.29, 1.82) is 0 Å². The van der Waals surface area contributed by atoms with Gasteiger partial charge in [-0.25, -0.2) is 0 Å². The Hall–Kier alpha value is -0.685. The Bertz CT molecular complexity index is 483. The third kappa shape index (κ3) is 1.40. The number of thiol groups is 1. The van der Waals surface area contributed by atoms with Gasteiger partial charge in [0, 0.05) is 26.1 Å². The molecule has 0 aliphatic carbocycles. The fourth-order valence-corrected chi connectivity index (χ4v) is 2.75. The zero-order chi connectivity index (χ0) is 10.3. The summed E-state index contributed by atoms with van der Waals surface area (Å²) in [6.07, 6.45) is 0. The number of benzene rings is 1. The van der Waals surface area contributed by atoms with Crippen LogP contribution in [-0.4, -0.2) is 17.2 Å². The van der Waals surface area contributed by atoms with Crippen LogP contribution in [0.15, 0.2) is 22.4 Å². The Kier molecular flexibility index (Phi) is 2.44. The molecule has 2 rings (SSSR count). The van der Waals surface area contributed by atoms with Crippen LogP contribution in [0.5, 0.6) is 0 Å². The monoisotopic (exact) mass is 225 g/mol. The van der Waals surface area contributed by atoms with Gasteiger partial charge in [-0.15, -0.1) is 24.0 Å². The lowest BCUT2D eigenvalue weighted by molar-refractivity contribution is 0.426. The Morgan fingerprint density at radius 2 is 2.07 bits per heavy atom. The predicted octanol–water partition coefficient (Wildman–Crippen LogP) is 0.452. The van der Waals surface area contributed by atoms with Crippen LogP contribution in [-0.2, 0) is 0 Å². The van der Waals surface area contributed by atoms with Crippen molar-refractivity contribution in [2.45, 2.75) is 4.90 Å². The minimum Gasteiger partial charge on any atom is -0.423 e. The maximum Gasteiger partial charge on any atom is 0.489 e. The van der Waals surface area contributed by atoms with Crippen molar-refractivity contribution < 1.29 is 10.0 Å². The van der Waals surface area contributed by atoms with E-state index in [9.17, 15) is 0 Å². The summed E-state index contributed by atoms with van der Waals surface area (Å²) in [7, 11) is -1.49. The second-order valence-corrected chi connectivity index (χ2v) is 4.30. The molecule has 3 nitrogen and oxygen atoms in total. The maximum absolute atomic E-state index is 9.11. The minimum absolute atomic E-state index is 0.443. The normalized spacial score (nSPS) is 10.8. The molecule has 72 valence electrons. The molecule has 0 saturated heterocycles. The molecule has 1 heterocycles. The summed E-state index contributed by atoms with van der Waals surface area (Å²) >= 11 is 5.68. The number of nitrogens with two attached hydrogens (primary N) is 1.